The van der Waals surface area contributed by atoms with Crippen molar-refractivity contribution in [3.05, 3.63) is 59.2 Å². The minimum Gasteiger partial charge on any atom is -0.497 e. The molecule has 1 N–H and O–H groups in total. The number of aliphatic hydroxyl groups is 1. The zero-order valence-electron chi connectivity index (χ0n) is 12.8. The van der Waals surface area contributed by atoms with Crippen molar-refractivity contribution in [2.45, 2.75) is 26.4 Å². The Bertz CT molecular complexity index is 593. The molecule has 1 unspecified atom stereocenters. The molecule has 0 radical (unpaired) electrons. The number of methoxy groups -OCH3 is 1. The molecule has 0 aliphatic carbocycles. The Hall–Kier alpha value is -2.00. The maximum absolute atomic E-state index is 10.6. The van der Waals surface area contributed by atoms with Gasteiger partial charge in [-0.25, -0.2) is 0 Å². The lowest BCUT2D eigenvalue weighted by molar-refractivity contribution is 0.218. The Morgan fingerprint density at radius 3 is 2.57 bits per heavy atom. The Balaban J connectivity index is 2.25. The van der Waals surface area contributed by atoms with E-state index >= 15 is 0 Å². The van der Waals surface area contributed by atoms with Crippen LogP contribution >= 0.6 is 0 Å². The van der Waals surface area contributed by atoms with E-state index in [-0.39, 0.29) is 0 Å². The third-order valence-corrected chi connectivity index (χ3v) is 3.42. The van der Waals surface area contributed by atoms with Gasteiger partial charge in [0, 0.05) is 0 Å². The maximum Gasteiger partial charge on any atom is 0.119 e. The maximum atomic E-state index is 10.6. The molecule has 0 amide bonds. The predicted molar refractivity (Wildman–Crippen MR) is 84.0 cm³/mol. The summed E-state index contributed by atoms with van der Waals surface area (Å²) in [4.78, 5) is 0. The van der Waals surface area contributed by atoms with Crippen molar-refractivity contribution in [2.24, 2.45) is 0 Å². The molecule has 0 saturated heterocycles. The van der Waals surface area contributed by atoms with Crippen LogP contribution in [-0.4, -0.2) is 18.8 Å². The van der Waals surface area contributed by atoms with Gasteiger partial charge < -0.3 is 14.6 Å². The quantitative estimate of drug-likeness (QED) is 0.876. The average Bonchev–Trinajstić information content (AvgIpc) is 2.52. The molecule has 0 fully saturated rings. The number of rotatable bonds is 6. The monoisotopic (exact) mass is 286 g/mol. The zero-order valence-corrected chi connectivity index (χ0v) is 12.8. The van der Waals surface area contributed by atoms with Crippen molar-refractivity contribution in [3.8, 4) is 11.5 Å². The molecular formula is C18H22O3. The number of aryl methyl sites for hydroxylation is 1. The van der Waals surface area contributed by atoms with Crippen molar-refractivity contribution in [3.63, 3.8) is 0 Å². The first kappa shape index (κ1) is 15.4. The van der Waals surface area contributed by atoms with Crippen LogP contribution in [0.5, 0.6) is 11.5 Å². The highest BCUT2D eigenvalue weighted by Gasteiger charge is 2.14. The summed E-state index contributed by atoms with van der Waals surface area (Å²) in [6, 6.07) is 13.3. The number of ether oxygens (including phenoxy) is 2. The third kappa shape index (κ3) is 3.76. The number of hydrogen-bond acceptors (Lipinski definition) is 3. The molecule has 0 aliphatic rings. The lowest BCUT2D eigenvalue weighted by atomic mass is 9.97. The molecular weight excluding hydrogens is 264 g/mol. The van der Waals surface area contributed by atoms with Gasteiger partial charge in [-0.1, -0.05) is 25.1 Å². The Labute approximate surface area is 126 Å². The van der Waals surface area contributed by atoms with E-state index in [0.29, 0.717) is 6.61 Å². The average molecular weight is 286 g/mol. The van der Waals surface area contributed by atoms with E-state index in [4.69, 9.17) is 9.47 Å². The fourth-order valence-electron chi connectivity index (χ4n) is 2.26. The van der Waals surface area contributed by atoms with E-state index in [1.165, 1.54) is 0 Å². The molecule has 3 heteroatoms. The van der Waals surface area contributed by atoms with Gasteiger partial charge >= 0.3 is 0 Å². The molecule has 112 valence electrons. The van der Waals surface area contributed by atoms with E-state index in [9.17, 15) is 5.11 Å². The summed E-state index contributed by atoms with van der Waals surface area (Å²) < 4.78 is 10.8. The molecule has 2 aromatic rings. The number of benzene rings is 2. The van der Waals surface area contributed by atoms with E-state index < -0.39 is 6.10 Å². The molecule has 21 heavy (non-hydrogen) atoms. The highest BCUT2D eigenvalue weighted by molar-refractivity contribution is 5.41. The summed E-state index contributed by atoms with van der Waals surface area (Å²) >= 11 is 0. The second kappa shape index (κ2) is 7.14. The first-order valence-electron chi connectivity index (χ1n) is 7.21. The van der Waals surface area contributed by atoms with E-state index in [0.717, 1.165) is 34.6 Å². The van der Waals surface area contributed by atoms with Crippen LogP contribution in [0.3, 0.4) is 0 Å². The molecule has 0 aliphatic heterocycles. The smallest absolute Gasteiger partial charge is 0.119 e. The van der Waals surface area contributed by atoms with Crippen LogP contribution in [0.4, 0.5) is 0 Å². The van der Waals surface area contributed by atoms with Crippen LogP contribution < -0.4 is 9.47 Å². The molecule has 0 spiro atoms. The molecule has 2 rings (SSSR count). The number of hydrogen-bond donors (Lipinski definition) is 1. The molecule has 0 saturated carbocycles. The van der Waals surface area contributed by atoms with E-state index in [1.807, 2.05) is 49.4 Å². The van der Waals surface area contributed by atoms with Crippen LogP contribution in [0, 0.1) is 6.92 Å². The van der Waals surface area contributed by atoms with Crippen molar-refractivity contribution in [1.82, 2.24) is 0 Å². The lowest BCUT2D eigenvalue weighted by Gasteiger charge is -2.16. The summed E-state index contributed by atoms with van der Waals surface area (Å²) in [5.74, 6) is 1.59. The van der Waals surface area contributed by atoms with Crippen LogP contribution in [0.25, 0.3) is 0 Å². The van der Waals surface area contributed by atoms with Crippen LogP contribution in [0.2, 0.25) is 0 Å². The van der Waals surface area contributed by atoms with Crippen LogP contribution in [0.15, 0.2) is 42.5 Å². The summed E-state index contributed by atoms with van der Waals surface area (Å²) in [5.41, 5.74) is 2.71. The van der Waals surface area contributed by atoms with E-state index in [2.05, 4.69) is 6.92 Å². The SMILES string of the molecule is CCCOc1cccc(C(O)c2ccc(OC)cc2C)c1. The number of aliphatic hydroxyl groups excluding tert-OH is 1. The van der Waals surface area contributed by atoms with E-state index in [1.54, 1.807) is 7.11 Å². The van der Waals surface area contributed by atoms with Gasteiger partial charge in [-0.2, -0.15) is 0 Å². The van der Waals surface area contributed by atoms with Crippen molar-refractivity contribution >= 4 is 0 Å². The molecule has 3 nitrogen and oxygen atoms in total. The minimum absolute atomic E-state index is 0.666. The topological polar surface area (TPSA) is 38.7 Å². The standard InChI is InChI=1S/C18H22O3/c1-4-10-21-16-7-5-6-14(12-16)18(19)17-9-8-15(20-3)11-13(17)2/h5-9,11-12,18-19H,4,10H2,1-3H3. The van der Waals surface area contributed by atoms with Gasteiger partial charge in [0.2, 0.25) is 0 Å². The summed E-state index contributed by atoms with van der Waals surface area (Å²) in [5, 5.41) is 10.6. The Morgan fingerprint density at radius 1 is 1.10 bits per heavy atom. The normalized spacial score (nSPS) is 12.0. The summed E-state index contributed by atoms with van der Waals surface area (Å²) in [7, 11) is 1.64. The van der Waals surface area contributed by atoms with Gasteiger partial charge in [-0.05, 0) is 54.3 Å². The first-order valence-corrected chi connectivity index (χ1v) is 7.21. The van der Waals surface area contributed by atoms with Crippen molar-refractivity contribution in [1.29, 1.82) is 0 Å². The van der Waals surface area contributed by atoms with Gasteiger partial charge in [-0.15, -0.1) is 0 Å². The molecule has 0 bridgehead atoms. The summed E-state index contributed by atoms with van der Waals surface area (Å²) in [6.45, 7) is 4.72. The second-order valence-corrected chi connectivity index (χ2v) is 5.05. The lowest BCUT2D eigenvalue weighted by Crippen LogP contribution is -2.03. The van der Waals surface area contributed by atoms with Crippen molar-refractivity contribution in [2.75, 3.05) is 13.7 Å². The molecule has 2 aromatic carbocycles. The molecule has 0 aromatic heterocycles. The van der Waals surface area contributed by atoms with Gasteiger partial charge in [0.25, 0.3) is 0 Å². The van der Waals surface area contributed by atoms with Crippen LogP contribution in [-0.2, 0) is 0 Å². The van der Waals surface area contributed by atoms with Crippen LogP contribution in [0.1, 0.15) is 36.1 Å². The fourth-order valence-corrected chi connectivity index (χ4v) is 2.26. The molecule has 0 heterocycles. The first-order chi connectivity index (χ1) is 10.2. The fraction of sp³-hybridized carbons (Fsp3) is 0.333. The summed E-state index contributed by atoms with van der Waals surface area (Å²) in [6.07, 6.45) is 0.297. The Morgan fingerprint density at radius 2 is 1.90 bits per heavy atom. The van der Waals surface area contributed by atoms with Gasteiger partial charge in [0.15, 0.2) is 0 Å². The van der Waals surface area contributed by atoms with Gasteiger partial charge in [0.1, 0.15) is 17.6 Å². The van der Waals surface area contributed by atoms with Gasteiger partial charge in [-0.3, -0.25) is 0 Å². The highest BCUT2D eigenvalue weighted by atomic mass is 16.5. The highest BCUT2D eigenvalue weighted by Crippen LogP contribution is 2.29. The van der Waals surface area contributed by atoms with Gasteiger partial charge in [0.05, 0.1) is 13.7 Å². The Kier molecular flexibility index (Phi) is 5.23. The minimum atomic E-state index is -0.666. The largest absolute Gasteiger partial charge is 0.497 e. The zero-order chi connectivity index (χ0) is 15.2. The third-order valence-electron chi connectivity index (χ3n) is 3.42. The second-order valence-electron chi connectivity index (χ2n) is 5.05. The molecule has 1 atom stereocenters. The predicted octanol–water partition coefficient (Wildman–Crippen LogP) is 3.87. The van der Waals surface area contributed by atoms with Crippen molar-refractivity contribution < 1.29 is 14.6 Å².